The summed E-state index contributed by atoms with van der Waals surface area (Å²) in [6.07, 6.45) is 3.25. The van der Waals surface area contributed by atoms with Crippen LogP contribution >= 0.6 is 0 Å². The van der Waals surface area contributed by atoms with Crippen LogP contribution in [-0.2, 0) is 17.6 Å². The van der Waals surface area contributed by atoms with Crippen molar-refractivity contribution in [2.24, 2.45) is 0 Å². The summed E-state index contributed by atoms with van der Waals surface area (Å²) in [6.45, 7) is 1.62. The number of carbonyl (C=O) groups excluding carboxylic acids is 1. The lowest BCUT2D eigenvalue weighted by atomic mass is 9.99. The summed E-state index contributed by atoms with van der Waals surface area (Å²) < 4.78 is 0. The molecule has 0 N–H and O–H groups in total. The van der Waals surface area contributed by atoms with E-state index >= 15 is 0 Å². The number of fused-ring (bicyclic) bond motifs is 1. The number of aromatic nitrogens is 1. The molecule has 1 aromatic heterocycles. The highest BCUT2D eigenvalue weighted by Gasteiger charge is 2.03. The van der Waals surface area contributed by atoms with Crippen LogP contribution in [0, 0.1) is 0 Å². The summed E-state index contributed by atoms with van der Waals surface area (Å²) in [5, 5.41) is 1.20. The molecule has 0 unspecified atom stereocenters. The summed E-state index contributed by atoms with van der Waals surface area (Å²) in [5.41, 5.74) is 4.63. The molecular weight excluding hydrogens is 258 g/mol. The van der Waals surface area contributed by atoms with Gasteiger partial charge in [-0.15, -0.1) is 0 Å². The zero-order valence-electron chi connectivity index (χ0n) is 12.0. The molecule has 3 rings (SSSR count). The fraction of sp³-hybridized carbons (Fsp3) is 0.158. The molecule has 0 spiro atoms. The van der Waals surface area contributed by atoms with Gasteiger partial charge in [0.1, 0.15) is 5.78 Å². The van der Waals surface area contributed by atoms with Gasteiger partial charge in [0.25, 0.3) is 0 Å². The van der Waals surface area contributed by atoms with Crippen LogP contribution in [0.15, 0.2) is 60.8 Å². The third kappa shape index (κ3) is 3.16. The Hall–Kier alpha value is -2.48. The molecule has 0 atom stereocenters. The van der Waals surface area contributed by atoms with Crippen molar-refractivity contribution in [1.29, 1.82) is 0 Å². The average molecular weight is 275 g/mol. The van der Waals surface area contributed by atoms with E-state index in [9.17, 15) is 4.79 Å². The molecule has 2 heteroatoms. The van der Waals surface area contributed by atoms with Gasteiger partial charge < -0.3 is 0 Å². The first-order chi connectivity index (χ1) is 10.2. The Morgan fingerprint density at radius 1 is 0.952 bits per heavy atom. The normalized spacial score (nSPS) is 10.7. The van der Waals surface area contributed by atoms with Crippen molar-refractivity contribution in [3.63, 3.8) is 0 Å². The number of rotatable bonds is 4. The number of benzene rings is 2. The molecule has 0 fully saturated rings. The van der Waals surface area contributed by atoms with Gasteiger partial charge in [-0.05, 0) is 42.2 Å². The van der Waals surface area contributed by atoms with Gasteiger partial charge in [-0.3, -0.25) is 9.78 Å². The predicted molar refractivity (Wildman–Crippen MR) is 85.4 cm³/mol. The first-order valence-corrected chi connectivity index (χ1v) is 7.12. The van der Waals surface area contributed by atoms with E-state index in [1.54, 1.807) is 6.92 Å². The smallest absolute Gasteiger partial charge is 0.134 e. The summed E-state index contributed by atoms with van der Waals surface area (Å²) in [4.78, 5) is 15.5. The lowest BCUT2D eigenvalue weighted by Gasteiger charge is -2.07. The van der Waals surface area contributed by atoms with Gasteiger partial charge in [-0.1, -0.05) is 42.5 Å². The zero-order chi connectivity index (χ0) is 14.7. The van der Waals surface area contributed by atoms with Crippen molar-refractivity contribution in [3.8, 4) is 0 Å². The van der Waals surface area contributed by atoms with E-state index in [0.29, 0.717) is 6.42 Å². The number of Topliss-reactive ketones (excluding diaryl/α,β-unsaturated/α-hetero) is 1. The van der Waals surface area contributed by atoms with Crippen LogP contribution in [0.1, 0.15) is 23.6 Å². The van der Waals surface area contributed by atoms with Crippen molar-refractivity contribution < 1.29 is 4.79 Å². The van der Waals surface area contributed by atoms with E-state index in [-0.39, 0.29) is 5.78 Å². The fourth-order valence-corrected chi connectivity index (χ4v) is 2.59. The number of hydrogen-bond donors (Lipinski definition) is 0. The minimum Gasteiger partial charge on any atom is -0.300 e. The van der Waals surface area contributed by atoms with E-state index in [0.717, 1.165) is 17.5 Å². The maximum absolute atomic E-state index is 11.1. The molecule has 0 bridgehead atoms. The molecule has 3 aromatic rings. The lowest BCUT2D eigenvalue weighted by Crippen LogP contribution is -1.97. The predicted octanol–water partition coefficient (Wildman–Crippen LogP) is 3.96. The van der Waals surface area contributed by atoms with Gasteiger partial charge in [0.05, 0.1) is 5.52 Å². The quantitative estimate of drug-likeness (QED) is 0.721. The van der Waals surface area contributed by atoms with E-state index in [1.165, 1.54) is 16.5 Å². The van der Waals surface area contributed by atoms with Gasteiger partial charge in [0.15, 0.2) is 0 Å². The van der Waals surface area contributed by atoms with Crippen LogP contribution in [0.5, 0.6) is 0 Å². The van der Waals surface area contributed by atoms with Gasteiger partial charge >= 0.3 is 0 Å². The molecule has 0 radical (unpaired) electrons. The molecule has 0 amide bonds. The SMILES string of the molecule is CC(=O)Cc1ccc(Cc2ccnc3ccccc23)cc1. The number of carbonyl (C=O) groups is 1. The van der Waals surface area contributed by atoms with Crippen LogP contribution in [0.4, 0.5) is 0 Å². The van der Waals surface area contributed by atoms with Crippen LogP contribution < -0.4 is 0 Å². The molecule has 0 saturated heterocycles. The van der Waals surface area contributed by atoms with Crippen molar-refractivity contribution in [2.75, 3.05) is 0 Å². The first kappa shape index (κ1) is 13.5. The minimum atomic E-state index is 0.197. The Labute approximate surface area is 124 Å². The summed E-state index contributed by atoms with van der Waals surface area (Å²) in [6, 6.07) is 18.6. The van der Waals surface area contributed by atoms with Crippen LogP contribution in [0.2, 0.25) is 0 Å². The Bertz CT molecular complexity index is 770. The topological polar surface area (TPSA) is 30.0 Å². The summed E-state index contributed by atoms with van der Waals surface area (Å²) >= 11 is 0. The first-order valence-electron chi connectivity index (χ1n) is 7.12. The van der Waals surface area contributed by atoms with Gasteiger partial charge in [-0.2, -0.15) is 0 Å². The number of nitrogens with zero attached hydrogens (tertiary/aromatic N) is 1. The molecule has 21 heavy (non-hydrogen) atoms. The molecule has 0 aliphatic heterocycles. The largest absolute Gasteiger partial charge is 0.300 e. The number of ketones is 1. The molecule has 2 nitrogen and oxygen atoms in total. The third-order valence-corrected chi connectivity index (χ3v) is 3.61. The molecule has 0 saturated carbocycles. The average Bonchev–Trinajstić information content (AvgIpc) is 2.49. The molecule has 0 aliphatic carbocycles. The second-order valence-corrected chi connectivity index (χ2v) is 5.36. The highest BCUT2D eigenvalue weighted by atomic mass is 16.1. The Morgan fingerprint density at radius 2 is 1.67 bits per heavy atom. The second-order valence-electron chi connectivity index (χ2n) is 5.36. The van der Waals surface area contributed by atoms with Crippen molar-refractivity contribution >= 4 is 16.7 Å². The van der Waals surface area contributed by atoms with Crippen LogP contribution in [0.25, 0.3) is 10.9 Å². The van der Waals surface area contributed by atoms with E-state index in [1.807, 2.05) is 36.5 Å². The van der Waals surface area contributed by atoms with Crippen LogP contribution in [-0.4, -0.2) is 10.8 Å². The van der Waals surface area contributed by atoms with E-state index < -0.39 is 0 Å². The van der Waals surface area contributed by atoms with Gasteiger partial charge in [0.2, 0.25) is 0 Å². The second kappa shape index (κ2) is 5.88. The molecule has 0 aliphatic rings. The number of hydrogen-bond acceptors (Lipinski definition) is 2. The lowest BCUT2D eigenvalue weighted by molar-refractivity contribution is -0.116. The Kier molecular flexibility index (Phi) is 3.78. The maximum Gasteiger partial charge on any atom is 0.134 e. The highest BCUT2D eigenvalue weighted by Crippen LogP contribution is 2.19. The van der Waals surface area contributed by atoms with Crippen molar-refractivity contribution in [3.05, 3.63) is 77.5 Å². The summed E-state index contributed by atoms with van der Waals surface area (Å²) in [7, 11) is 0. The highest BCUT2D eigenvalue weighted by molar-refractivity contribution is 5.82. The third-order valence-electron chi connectivity index (χ3n) is 3.61. The van der Waals surface area contributed by atoms with E-state index in [2.05, 4.69) is 29.2 Å². The van der Waals surface area contributed by atoms with Crippen LogP contribution in [0.3, 0.4) is 0 Å². The minimum absolute atomic E-state index is 0.197. The number of pyridine rings is 1. The molecule has 104 valence electrons. The van der Waals surface area contributed by atoms with E-state index in [4.69, 9.17) is 0 Å². The fourth-order valence-electron chi connectivity index (χ4n) is 2.59. The standard InChI is InChI=1S/C19H17NO/c1-14(21)12-15-6-8-16(9-7-15)13-17-10-11-20-19-5-3-2-4-18(17)19/h2-11H,12-13H2,1H3. The Balaban J connectivity index is 1.87. The monoisotopic (exact) mass is 275 g/mol. The zero-order valence-corrected chi connectivity index (χ0v) is 12.0. The Morgan fingerprint density at radius 3 is 2.43 bits per heavy atom. The maximum atomic E-state index is 11.1. The van der Waals surface area contributed by atoms with Gasteiger partial charge in [0, 0.05) is 18.0 Å². The summed E-state index contributed by atoms with van der Waals surface area (Å²) in [5.74, 6) is 0.197. The molecular formula is C19H17NO. The molecule has 2 aromatic carbocycles. The van der Waals surface area contributed by atoms with Crippen molar-refractivity contribution in [2.45, 2.75) is 19.8 Å². The van der Waals surface area contributed by atoms with Crippen molar-refractivity contribution in [1.82, 2.24) is 4.98 Å². The number of para-hydroxylation sites is 1. The molecule has 1 heterocycles. The van der Waals surface area contributed by atoms with Gasteiger partial charge in [-0.25, -0.2) is 0 Å².